The van der Waals surface area contributed by atoms with E-state index in [4.69, 9.17) is 0 Å². The van der Waals surface area contributed by atoms with Crippen LogP contribution >= 0.6 is 34.0 Å². The fraction of sp³-hybridized carbons (Fsp3) is 0.0714. The van der Waals surface area contributed by atoms with Gasteiger partial charge in [0.05, 0.1) is 0 Å². The van der Waals surface area contributed by atoms with Crippen molar-refractivity contribution in [2.24, 2.45) is 0 Å². The molecular formula is C14H10OS3. The predicted octanol–water partition coefficient (Wildman–Crippen LogP) is 4.95. The van der Waals surface area contributed by atoms with Crippen LogP contribution in [0.2, 0.25) is 0 Å². The molecule has 0 aliphatic carbocycles. The van der Waals surface area contributed by atoms with Crippen LogP contribution in [0.5, 0.6) is 0 Å². The summed E-state index contributed by atoms with van der Waals surface area (Å²) < 4.78 is 0. The second kappa shape index (κ2) is 5.18. The highest BCUT2D eigenvalue weighted by molar-refractivity contribution is 7.26. The first-order valence-electron chi connectivity index (χ1n) is 5.52. The Morgan fingerprint density at radius 1 is 1.00 bits per heavy atom. The Kier molecular flexibility index (Phi) is 3.41. The Morgan fingerprint density at radius 2 is 1.72 bits per heavy atom. The van der Waals surface area contributed by atoms with Crippen molar-refractivity contribution in [3.8, 4) is 19.5 Å². The summed E-state index contributed by atoms with van der Waals surface area (Å²) in [6, 6.07) is 10.5. The minimum atomic E-state index is 0.495. The lowest BCUT2D eigenvalue weighted by Crippen LogP contribution is -1.83. The van der Waals surface area contributed by atoms with E-state index in [1.807, 2.05) is 0 Å². The lowest BCUT2D eigenvalue weighted by Gasteiger charge is -1.95. The molecule has 0 spiro atoms. The van der Waals surface area contributed by atoms with Crippen LogP contribution in [0.25, 0.3) is 19.5 Å². The van der Waals surface area contributed by atoms with Crippen molar-refractivity contribution in [3.05, 3.63) is 46.7 Å². The zero-order chi connectivity index (χ0) is 12.4. The number of carbonyl (C=O) groups excluding carboxylic acids is 1. The number of aldehydes is 1. The summed E-state index contributed by atoms with van der Waals surface area (Å²) in [6.45, 7) is 0. The molecule has 3 rings (SSSR count). The fourth-order valence-corrected chi connectivity index (χ4v) is 4.73. The molecule has 0 aromatic carbocycles. The quantitative estimate of drug-likeness (QED) is 0.622. The summed E-state index contributed by atoms with van der Waals surface area (Å²) in [5.41, 5.74) is 1.14. The topological polar surface area (TPSA) is 17.1 Å². The normalized spacial score (nSPS) is 10.7. The average molecular weight is 290 g/mol. The number of thiophene rings is 3. The van der Waals surface area contributed by atoms with Crippen LogP contribution in [0, 0.1) is 0 Å². The Labute approximate surface area is 117 Å². The van der Waals surface area contributed by atoms with E-state index in [0.717, 1.165) is 11.8 Å². The van der Waals surface area contributed by atoms with Gasteiger partial charge in [0.25, 0.3) is 0 Å². The third-order valence-corrected chi connectivity index (χ3v) is 5.91. The summed E-state index contributed by atoms with van der Waals surface area (Å²) in [5, 5.41) is 4.16. The van der Waals surface area contributed by atoms with Gasteiger partial charge >= 0.3 is 0 Å². The number of hydrogen-bond donors (Lipinski definition) is 0. The van der Waals surface area contributed by atoms with E-state index in [0.29, 0.717) is 6.42 Å². The van der Waals surface area contributed by atoms with E-state index in [1.165, 1.54) is 19.5 Å². The van der Waals surface area contributed by atoms with Gasteiger partial charge in [0, 0.05) is 25.9 Å². The monoisotopic (exact) mass is 290 g/mol. The molecule has 0 N–H and O–H groups in total. The second-order valence-corrected chi connectivity index (χ2v) is 6.74. The molecule has 3 aromatic rings. The molecule has 4 heteroatoms. The predicted molar refractivity (Wildman–Crippen MR) is 80.7 cm³/mol. The molecule has 0 radical (unpaired) electrons. The highest BCUT2D eigenvalue weighted by Crippen LogP contribution is 2.41. The van der Waals surface area contributed by atoms with Gasteiger partial charge in [0.15, 0.2) is 0 Å². The highest BCUT2D eigenvalue weighted by atomic mass is 32.1. The minimum absolute atomic E-state index is 0.495. The number of rotatable bonds is 4. The smallest absolute Gasteiger partial charge is 0.124 e. The zero-order valence-corrected chi connectivity index (χ0v) is 11.9. The molecule has 0 saturated carbocycles. The molecule has 0 fully saturated rings. The zero-order valence-electron chi connectivity index (χ0n) is 9.46. The Balaban J connectivity index is 2.09. The molecule has 3 aromatic heterocycles. The largest absolute Gasteiger partial charge is 0.303 e. The first-order chi connectivity index (χ1) is 8.88. The van der Waals surface area contributed by atoms with Crippen molar-refractivity contribution in [2.45, 2.75) is 6.42 Å². The van der Waals surface area contributed by atoms with Gasteiger partial charge in [-0.3, -0.25) is 0 Å². The Hall–Kier alpha value is -1.23. The van der Waals surface area contributed by atoms with Crippen molar-refractivity contribution < 1.29 is 4.79 Å². The van der Waals surface area contributed by atoms with Crippen LogP contribution in [0.3, 0.4) is 0 Å². The molecule has 0 saturated heterocycles. The van der Waals surface area contributed by atoms with Crippen molar-refractivity contribution >= 4 is 40.3 Å². The first-order valence-corrected chi connectivity index (χ1v) is 8.10. The van der Waals surface area contributed by atoms with Crippen LogP contribution in [0.15, 0.2) is 41.1 Å². The molecule has 0 atom stereocenters. The Bertz CT molecular complexity index is 633. The van der Waals surface area contributed by atoms with Gasteiger partial charge in [0.1, 0.15) is 6.29 Å². The van der Waals surface area contributed by atoms with Crippen LogP contribution in [-0.4, -0.2) is 6.29 Å². The molecule has 90 valence electrons. The van der Waals surface area contributed by atoms with Gasteiger partial charge in [-0.15, -0.1) is 34.0 Å². The van der Waals surface area contributed by atoms with Gasteiger partial charge in [0.2, 0.25) is 0 Å². The van der Waals surface area contributed by atoms with Crippen LogP contribution in [0.1, 0.15) is 5.56 Å². The molecular weight excluding hydrogens is 280 g/mol. The van der Waals surface area contributed by atoms with E-state index in [1.54, 1.807) is 34.0 Å². The SMILES string of the molecule is O=CCc1cc(-c2cccs2)sc1-c1cccs1. The van der Waals surface area contributed by atoms with Crippen molar-refractivity contribution in [3.63, 3.8) is 0 Å². The average Bonchev–Trinajstić information content (AvgIpc) is 3.11. The standard InChI is InChI=1S/C14H10OS3/c15-6-5-10-9-13(11-3-1-7-16-11)18-14(10)12-4-2-8-17-12/h1-4,6-9H,5H2. The summed E-state index contributed by atoms with van der Waals surface area (Å²) >= 11 is 5.24. The highest BCUT2D eigenvalue weighted by Gasteiger charge is 2.13. The van der Waals surface area contributed by atoms with Gasteiger partial charge in [-0.1, -0.05) is 12.1 Å². The third-order valence-electron chi connectivity index (χ3n) is 2.62. The van der Waals surface area contributed by atoms with E-state index < -0.39 is 0 Å². The summed E-state index contributed by atoms with van der Waals surface area (Å²) in [6.07, 6.45) is 1.48. The molecule has 0 aliphatic heterocycles. The first kappa shape index (κ1) is 11.8. The van der Waals surface area contributed by atoms with Crippen LogP contribution in [-0.2, 0) is 11.2 Å². The fourth-order valence-electron chi connectivity index (χ4n) is 1.83. The molecule has 3 heterocycles. The Morgan fingerprint density at radius 3 is 2.33 bits per heavy atom. The van der Waals surface area contributed by atoms with Crippen LogP contribution < -0.4 is 0 Å². The van der Waals surface area contributed by atoms with Crippen LogP contribution in [0.4, 0.5) is 0 Å². The maximum atomic E-state index is 10.8. The minimum Gasteiger partial charge on any atom is -0.303 e. The van der Waals surface area contributed by atoms with E-state index in [-0.39, 0.29) is 0 Å². The van der Waals surface area contributed by atoms with E-state index in [2.05, 4.69) is 41.1 Å². The van der Waals surface area contributed by atoms with E-state index >= 15 is 0 Å². The summed E-state index contributed by atoms with van der Waals surface area (Å²) in [5.74, 6) is 0. The lowest BCUT2D eigenvalue weighted by molar-refractivity contribution is -0.107. The summed E-state index contributed by atoms with van der Waals surface area (Å²) in [7, 11) is 0. The van der Waals surface area contributed by atoms with Crippen molar-refractivity contribution in [2.75, 3.05) is 0 Å². The van der Waals surface area contributed by atoms with Gasteiger partial charge in [-0.2, -0.15) is 0 Å². The van der Waals surface area contributed by atoms with E-state index in [9.17, 15) is 4.79 Å². The summed E-state index contributed by atoms with van der Waals surface area (Å²) in [4.78, 5) is 15.8. The number of carbonyl (C=O) groups is 1. The number of hydrogen-bond acceptors (Lipinski definition) is 4. The van der Waals surface area contributed by atoms with Crippen molar-refractivity contribution in [1.82, 2.24) is 0 Å². The molecule has 0 aliphatic rings. The molecule has 1 nitrogen and oxygen atoms in total. The second-order valence-electron chi connectivity index (χ2n) is 3.79. The van der Waals surface area contributed by atoms with Gasteiger partial charge in [-0.25, -0.2) is 0 Å². The molecule has 0 unspecified atom stereocenters. The van der Waals surface area contributed by atoms with Gasteiger partial charge in [-0.05, 0) is 34.5 Å². The molecule has 18 heavy (non-hydrogen) atoms. The molecule has 0 bridgehead atoms. The maximum Gasteiger partial charge on any atom is 0.124 e. The van der Waals surface area contributed by atoms with Gasteiger partial charge < -0.3 is 4.79 Å². The van der Waals surface area contributed by atoms with Crippen molar-refractivity contribution in [1.29, 1.82) is 0 Å². The third kappa shape index (κ3) is 2.19. The maximum absolute atomic E-state index is 10.8. The molecule has 0 amide bonds. The lowest BCUT2D eigenvalue weighted by atomic mass is 10.1.